The summed E-state index contributed by atoms with van der Waals surface area (Å²) in [4.78, 5) is 21.5. The molecule has 0 aromatic heterocycles. The van der Waals surface area contributed by atoms with Crippen molar-refractivity contribution in [3.05, 3.63) is 0 Å². The molecule has 0 saturated carbocycles. The molecule has 8 unspecified atom stereocenters. The van der Waals surface area contributed by atoms with Gasteiger partial charge in [-0.25, -0.2) is 0 Å². The fourth-order valence-electron chi connectivity index (χ4n) is 19.3. The van der Waals surface area contributed by atoms with Gasteiger partial charge in [-0.05, 0) is 0 Å². The SMILES string of the molecule is CC(C)(C)[Si](C)(C)OCCCCCCOC[C]12[CH]3[CH]4[CH]5[CH]1[Fe]45321678[CH]2[CH]1[CH]6[C]7(C=O)[CH]28. The first-order valence-corrected chi connectivity index (χ1v) is 21.5. The van der Waals surface area contributed by atoms with Crippen LogP contribution >= 0.6 is 0 Å². The molecule has 10 heterocycles. The van der Waals surface area contributed by atoms with Crippen molar-refractivity contribution < 1.29 is 20.5 Å². The summed E-state index contributed by atoms with van der Waals surface area (Å²) in [5, 5.41) is 0.317. The van der Waals surface area contributed by atoms with Crippen LogP contribution in [0.3, 0.4) is 0 Å². The average molecular weight is 458 g/mol. The Bertz CT molecular complexity index is 1290. The van der Waals surface area contributed by atoms with Crippen LogP contribution in [-0.4, -0.2) is 34.4 Å². The van der Waals surface area contributed by atoms with Crippen LogP contribution in [0.1, 0.15) is 46.5 Å². The molecule has 29 heavy (non-hydrogen) atoms. The second kappa shape index (κ2) is 1.98. The Morgan fingerprint density at radius 3 is 1.90 bits per heavy atom. The van der Waals surface area contributed by atoms with E-state index in [1.54, 1.807) is 6.29 Å². The Labute approximate surface area is 166 Å². The minimum atomic E-state index is -3.41. The number of hydrogen-bond acceptors (Lipinski definition) is 3. The normalized spacial score (nSPS) is 78.5. The molecule has 0 aliphatic carbocycles. The summed E-state index contributed by atoms with van der Waals surface area (Å²) in [6.07, 6.45) is 6.54. The topological polar surface area (TPSA) is 35.5 Å². The second-order valence-electron chi connectivity index (χ2n) is 16.2. The zero-order chi connectivity index (χ0) is 20.0. The first-order valence-electron chi connectivity index (χ1n) is 12.3. The fourth-order valence-corrected chi connectivity index (χ4v) is 96.1. The predicted octanol–water partition coefficient (Wildman–Crippen LogP) is 6.91. The van der Waals surface area contributed by atoms with Gasteiger partial charge in [0, 0.05) is 0 Å². The van der Waals surface area contributed by atoms with Crippen LogP contribution in [0.25, 0.3) is 0 Å². The Hall–Kier alpha value is 0.326. The summed E-state index contributed by atoms with van der Waals surface area (Å²) in [5.74, 6) is 0. The summed E-state index contributed by atoms with van der Waals surface area (Å²) >= 11 is 0. The zero-order valence-corrected chi connectivity index (χ0v) is 20.8. The molecule has 10 aliphatic rings. The molecule has 10 aliphatic heterocycles. The quantitative estimate of drug-likeness (QED) is 0.192. The Morgan fingerprint density at radius 2 is 1.45 bits per heavy atom. The molecule has 0 aromatic carbocycles. The van der Waals surface area contributed by atoms with Gasteiger partial charge >= 0.3 is 146 Å². The molecule has 8 atom stereocenters. The average Bonchev–Trinajstić information content (AvgIpc) is 3.59. The van der Waals surface area contributed by atoms with Gasteiger partial charge in [0.15, 0.2) is 0 Å². The number of rotatable bonds is 11. The van der Waals surface area contributed by atoms with Crippen molar-refractivity contribution >= 4 is 14.6 Å². The number of aldehydes is 1. The van der Waals surface area contributed by atoms with Crippen LogP contribution < -0.4 is 0 Å². The van der Waals surface area contributed by atoms with Crippen LogP contribution in [0.15, 0.2) is 0 Å². The number of fused-ring (bicyclic) bond motifs is 10. The van der Waals surface area contributed by atoms with Gasteiger partial charge in [-0.15, -0.1) is 0 Å². The molecule has 0 radical (unpaired) electrons. The van der Waals surface area contributed by atoms with Crippen molar-refractivity contribution in [3.63, 3.8) is 0 Å². The third-order valence-corrected chi connectivity index (χ3v) is 67.1. The molecule has 0 amide bonds. The summed E-state index contributed by atoms with van der Waals surface area (Å²) in [5.41, 5.74) is 0. The van der Waals surface area contributed by atoms with E-state index in [2.05, 4.69) is 33.9 Å². The van der Waals surface area contributed by atoms with Crippen molar-refractivity contribution in [1.82, 2.24) is 0 Å². The maximum absolute atomic E-state index is 12.3. The third-order valence-electron chi connectivity index (χ3n) is 19.2. The number of carbonyl (C=O) groups excluding carboxylic acids is 1. The molecule has 10 saturated heterocycles. The van der Waals surface area contributed by atoms with Crippen LogP contribution in [-0.2, 0) is 20.5 Å². The Morgan fingerprint density at radius 1 is 0.897 bits per heavy atom. The number of ether oxygens (including phenoxy) is 1. The van der Waals surface area contributed by atoms with Crippen molar-refractivity contribution in [2.24, 2.45) is 0 Å². The van der Waals surface area contributed by atoms with Gasteiger partial charge < -0.3 is 0 Å². The standard InChI is InChI=1S/C18H33O2Si.C6H5O.Fe/c1-18(2,3)21(4,5)20-15-11-7-6-10-14-19-16-17-12-8-9-13-17;7-5-6-3-1-2-4-6;/h8-9,12-13H,6-7,10-11,14-16H2,1-5H3;1-5H;. The van der Waals surface area contributed by atoms with Crippen molar-refractivity contribution in [3.8, 4) is 0 Å². The molecular weight excluding hydrogens is 420 g/mol. The number of carbonyl (C=O) groups is 1. The van der Waals surface area contributed by atoms with Gasteiger partial charge in [0.2, 0.25) is 0 Å². The molecule has 0 N–H and O–H groups in total. The van der Waals surface area contributed by atoms with E-state index in [-0.39, 0.29) is 0 Å². The minimum absolute atomic E-state index is 0.317. The number of unbranched alkanes of at least 4 members (excludes halogenated alkanes) is 3. The van der Waals surface area contributed by atoms with Crippen molar-refractivity contribution in [2.75, 3.05) is 19.8 Å². The zero-order valence-electron chi connectivity index (χ0n) is 18.7. The molecule has 10 fully saturated rings. The third kappa shape index (κ3) is 0.308. The summed E-state index contributed by atoms with van der Waals surface area (Å²) in [6, 6.07) is 0. The Balaban J connectivity index is 0.756. The molecular formula is C24H38FeO3Si. The first-order chi connectivity index (χ1) is 13.4. The molecule has 5 heteroatoms. The monoisotopic (exact) mass is 458 g/mol. The first kappa shape index (κ1) is 16.0. The van der Waals surface area contributed by atoms with Crippen LogP contribution in [0.5, 0.6) is 0 Å². The summed E-state index contributed by atoms with van der Waals surface area (Å²) in [7, 11) is -1.57. The molecule has 0 aromatic rings. The molecule has 3 nitrogen and oxygen atoms in total. The van der Waals surface area contributed by atoms with Gasteiger partial charge in [0.1, 0.15) is 0 Å². The van der Waals surface area contributed by atoms with Gasteiger partial charge in [0.05, 0.1) is 0 Å². The Kier molecular flexibility index (Phi) is 1.09. The van der Waals surface area contributed by atoms with E-state index < -0.39 is 14.8 Å². The van der Waals surface area contributed by atoms with Crippen molar-refractivity contribution in [2.45, 2.75) is 112 Å². The second-order valence-corrected chi connectivity index (χ2v) is 44.4. The van der Waals surface area contributed by atoms with E-state index in [1.165, 1.54) is 44.9 Å². The summed E-state index contributed by atoms with van der Waals surface area (Å²) in [6.45, 7) is 11.2. The molecule has 0 bridgehead atoms. The van der Waals surface area contributed by atoms with E-state index in [1.807, 2.05) is 0 Å². The fraction of sp³-hybridized carbons (Fsp3) is 0.958. The van der Waals surface area contributed by atoms with Crippen LogP contribution in [0.4, 0.5) is 0 Å². The maximum atomic E-state index is 12.3. The predicted molar refractivity (Wildman–Crippen MR) is 114 cm³/mol. The van der Waals surface area contributed by atoms with Crippen molar-refractivity contribution in [1.29, 1.82) is 0 Å². The van der Waals surface area contributed by atoms with Gasteiger partial charge in [-0.1, -0.05) is 20.8 Å². The molecule has 164 valence electrons. The van der Waals surface area contributed by atoms with Crippen LogP contribution in [0.2, 0.25) is 65.3 Å². The van der Waals surface area contributed by atoms with E-state index in [0.717, 1.165) is 39.1 Å². The van der Waals surface area contributed by atoms with E-state index in [0.29, 0.717) is 13.7 Å². The summed E-state index contributed by atoms with van der Waals surface area (Å²) < 4.78 is 13.9. The van der Waals surface area contributed by atoms with E-state index in [4.69, 9.17) is 9.16 Å². The molecule has 10 rings (SSSR count). The molecule has 1 spiro atoms. The van der Waals surface area contributed by atoms with Gasteiger partial charge in [-0.3, -0.25) is 0 Å². The number of hydrogen-bond donors (Lipinski definition) is 0. The van der Waals surface area contributed by atoms with E-state index >= 15 is 0 Å². The van der Waals surface area contributed by atoms with Crippen LogP contribution in [0, 0.1) is 0 Å². The van der Waals surface area contributed by atoms with Gasteiger partial charge in [0.25, 0.3) is 0 Å². The van der Waals surface area contributed by atoms with E-state index in [9.17, 15) is 4.79 Å². The van der Waals surface area contributed by atoms with Gasteiger partial charge in [-0.2, -0.15) is 0 Å².